The van der Waals surface area contributed by atoms with E-state index in [1.54, 1.807) is 31.4 Å². The lowest BCUT2D eigenvalue weighted by molar-refractivity contribution is -0.121. The Labute approximate surface area is 151 Å². The Kier molecular flexibility index (Phi) is 5.02. The molecule has 3 rings (SSSR count). The molecule has 26 heavy (non-hydrogen) atoms. The number of rotatable bonds is 6. The Hall–Kier alpha value is -3.15. The van der Waals surface area contributed by atoms with Gasteiger partial charge in [-0.2, -0.15) is 0 Å². The van der Waals surface area contributed by atoms with Crippen molar-refractivity contribution in [3.05, 3.63) is 65.2 Å². The third-order valence-electron chi connectivity index (χ3n) is 4.43. The lowest BCUT2D eigenvalue weighted by Crippen LogP contribution is -2.35. The van der Waals surface area contributed by atoms with Crippen molar-refractivity contribution in [3.63, 3.8) is 0 Å². The van der Waals surface area contributed by atoms with E-state index in [9.17, 15) is 14.4 Å². The van der Waals surface area contributed by atoms with Crippen molar-refractivity contribution in [1.82, 2.24) is 10.2 Å². The topological polar surface area (TPSA) is 75.7 Å². The van der Waals surface area contributed by atoms with Gasteiger partial charge in [0.05, 0.1) is 24.3 Å². The number of imide groups is 1. The maximum Gasteiger partial charge on any atom is 0.261 e. The normalized spacial score (nSPS) is 14.2. The number of fused-ring (bicyclic) bond motifs is 1. The molecular weight excluding hydrogens is 332 g/mol. The van der Waals surface area contributed by atoms with E-state index >= 15 is 0 Å². The van der Waals surface area contributed by atoms with E-state index in [1.165, 1.54) is 0 Å². The van der Waals surface area contributed by atoms with Crippen LogP contribution in [0.25, 0.3) is 0 Å². The van der Waals surface area contributed by atoms with E-state index < -0.39 is 0 Å². The van der Waals surface area contributed by atoms with E-state index in [2.05, 4.69) is 5.32 Å². The summed E-state index contributed by atoms with van der Waals surface area (Å²) in [6.45, 7) is 1.94. The van der Waals surface area contributed by atoms with Gasteiger partial charge in [0.25, 0.3) is 11.8 Å². The second kappa shape index (κ2) is 7.39. The van der Waals surface area contributed by atoms with Crippen LogP contribution in [0.5, 0.6) is 5.75 Å². The zero-order chi connectivity index (χ0) is 18.7. The van der Waals surface area contributed by atoms with E-state index in [0.29, 0.717) is 11.1 Å². The summed E-state index contributed by atoms with van der Waals surface area (Å²) in [5.74, 6) is -0.161. The van der Waals surface area contributed by atoms with Gasteiger partial charge in [-0.1, -0.05) is 24.3 Å². The number of nitrogens with zero attached hydrogens (tertiary/aromatic N) is 1. The molecule has 6 nitrogen and oxygen atoms in total. The van der Waals surface area contributed by atoms with Crippen LogP contribution in [0.2, 0.25) is 0 Å². The molecule has 1 aliphatic rings. The summed E-state index contributed by atoms with van der Waals surface area (Å²) in [6, 6.07) is 13.9. The number of amides is 3. The number of carbonyl (C=O) groups is 3. The van der Waals surface area contributed by atoms with E-state index in [1.807, 2.05) is 31.2 Å². The summed E-state index contributed by atoms with van der Waals surface area (Å²) in [6.07, 6.45) is 0.0615. The van der Waals surface area contributed by atoms with Gasteiger partial charge in [-0.15, -0.1) is 0 Å². The largest absolute Gasteiger partial charge is 0.497 e. The Bertz CT molecular complexity index is 810. The first-order valence-electron chi connectivity index (χ1n) is 8.40. The molecule has 1 heterocycles. The van der Waals surface area contributed by atoms with Gasteiger partial charge < -0.3 is 10.1 Å². The molecule has 6 heteroatoms. The van der Waals surface area contributed by atoms with Crippen molar-refractivity contribution in [2.24, 2.45) is 0 Å². The third-order valence-corrected chi connectivity index (χ3v) is 4.43. The maximum atomic E-state index is 12.3. The number of methoxy groups -OCH3 is 1. The first kappa shape index (κ1) is 17.7. The molecule has 0 aliphatic carbocycles. The molecule has 0 bridgehead atoms. The summed E-state index contributed by atoms with van der Waals surface area (Å²) in [5.41, 5.74) is 1.73. The van der Waals surface area contributed by atoms with Gasteiger partial charge in [0.1, 0.15) is 5.75 Å². The smallest absolute Gasteiger partial charge is 0.261 e. The van der Waals surface area contributed by atoms with Gasteiger partial charge >= 0.3 is 0 Å². The van der Waals surface area contributed by atoms with Crippen LogP contribution in [0.15, 0.2) is 48.5 Å². The standard InChI is InChI=1S/C20H20N2O4/c1-13(14-7-9-15(26-2)10-8-14)21-18(23)11-12-22-19(24)16-5-3-4-6-17(16)20(22)25/h3-10,13H,11-12H2,1-2H3,(H,21,23)/t13-/m0/s1. The van der Waals surface area contributed by atoms with Crippen molar-refractivity contribution in [2.45, 2.75) is 19.4 Å². The quantitative estimate of drug-likeness (QED) is 0.811. The minimum absolute atomic E-state index is 0.0615. The summed E-state index contributed by atoms with van der Waals surface area (Å²) in [4.78, 5) is 37.9. The van der Waals surface area contributed by atoms with Crippen molar-refractivity contribution in [1.29, 1.82) is 0 Å². The van der Waals surface area contributed by atoms with Crippen LogP contribution in [-0.4, -0.2) is 36.3 Å². The third kappa shape index (κ3) is 3.44. The highest BCUT2D eigenvalue weighted by atomic mass is 16.5. The minimum Gasteiger partial charge on any atom is -0.497 e. The number of ether oxygens (including phenoxy) is 1. The highest BCUT2D eigenvalue weighted by Crippen LogP contribution is 2.22. The average Bonchev–Trinajstić information content (AvgIpc) is 2.91. The van der Waals surface area contributed by atoms with Crippen LogP contribution in [0.3, 0.4) is 0 Å². The highest BCUT2D eigenvalue weighted by molar-refractivity contribution is 6.21. The zero-order valence-corrected chi connectivity index (χ0v) is 14.7. The van der Waals surface area contributed by atoms with Gasteiger partial charge in [-0.05, 0) is 36.8 Å². The number of benzene rings is 2. The van der Waals surface area contributed by atoms with E-state index in [0.717, 1.165) is 16.2 Å². The fourth-order valence-corrected chi connectivity index (χ4v) is 2.95. The Morgan fingerprint density at radius 3 is 2.15 bits per heavy atom. The Morgan fingerprint density at radius 1 is 1.04 bits per heavy atom. The van der Waals surface area contributed by atoms with Crippen LogP contribution >= 0.6 is 0 Å². The number of nitrogens with one attached hydrogen (secondary N) is 1. The van der Waals surface area contributed by atoms with Gasteiger partial charge in [0.15, 0.2) is 0 Å². The Morgan fingerprint density at radius 2 is 1.62 bits per heavy atom. The molecule has 1 aliphatic heterocycles. The Balaban J connectivity index is 1.56. The predicted molar refractivity (Wildman–Crippen MR) is 96.0 cm³/mol. The van der Waals surface area contributed by atoms with Crippen molar-refractivity contribution >= 4 is 17.7 Å². The van der Waals surface area contributed by atoms with Gasteiger partial charge in [-0.3, -0.25) is 19.3 Å². The average molecular weight is 352 g/mol. The van der Waals surface area contributed by atoms with Gasteiger partial charge in [0, 0.05) is 13.0 Å². The molecule has 134 valence electrons. The second-order valence-electron chi connectivity index (χ2n) is 6.12. The summed E-state index contributed by atoms with van der Waals surface area (Å²) < 4.78 is 5.12. The number of hydrogen-bond acceptors (Lipinski definition) is 4. The lowest BCUT2D eigenvalue weighted by Gasteiger charge is -2.17. The molecule has 3 amide bonds. The number of carbonyl (C=O) groups excluding carboxylic acids is 3. The molecule has 1 atom stereocenters. The zero-order valence-electron chi connectivity index (χ0n) is 14.7. The molecular formula is C20H20N2O4. The van der Waals surface area contributed by atoms with Crippen LogP contribution < -0.4 is 10.1 Å². The SMILES string of the molecule is COc1ccc([C@H](C)NC(=O)CCN2C(=O)c3ccccc3C2=O)cc1. The fraction of sp³-hybridized carbons (Fsp3) is 0.250. The summed E-state index contributed by atoms with van der Waals surface area (Å²) in [5, 5.41) is 2.88. The second-order valence-corrected chi connectivity index (χ2v) is 6.12. The molecule has 2 aromatic rings. The summed E-state index contributed by atoms with van der Waals surface area (Å²) in [7, 11) is 1.60. The first-order valence-corrected chi connectivity index (χ1v) is 8.40. The lowest BCUT2D eigenvalue weighted by atomic mass is 10.1. The molecule has 2 aromatic carbocycles. The minimum atomic E-state index is -0.346. The predicted octanol–water partition coefficient (Wildman–Crippen LogP) is 2.56. The molecule has 0 spiro atoms. The van der Waals surface area contributed by atoms with Gasteiger partial charge in [-0.25, -0.2) is 0 Å². The van der Waals surface area contributed by atoms with Crippen molar-refractivity contribution in [3.8, 4) is 5.75 Å². The first-order chi connectivity index (χ1) is 12.5. The molecule has 0 aromatic heterocycles. The van der Waals surface area contributed by atoms with Crippen LogP contribution in [0, 0.1) is 0 Å². The molecule has 0 fully saturated rings. The molecule has 0 unspecified atom stereocenters. The van der Waals surface area contributed by atoms with Crippen molar-refractivity contribution in [2.75, 3.05) is 13.7 Å². The van der Waals surface area contributed by atoms with Crippen molar-refractivity contribution < 1.29 is 19.1 Å². The molecule has 0 saturated heterocycles. The van der Waals surface area contributed by atoms with E-state index in [4.69, 9.17) is 4.74 Å². The molecule has 1 N–H and O–H groups in total. The molecule has 0 radical (unpaired) electrons. The number of hydrogen-bond donors (Lipinski definition) is 1. The maximum absolute atomic E-state index is 12.3. The monoisotopic (exact) mass is 352 g/mol. The molecule has 0 saturated carbocycles. The van der Waals surface area contributed by atoms with Crippen LogP contribution in [0.1, 0.15) is 45.7 Å². The summed E-state index contributed by atoms with van der Waals surface area (Å²) >= 11 is 0. The van der Waals surface area contributed by atoms with E-state index in [-0.39, 0.29) is 36.7 Å². The van der Waals surface area contributed by atoms with Gasteiger partial charge in [0.2, 0.25) is 5.91 Å². The van der Waals surface area contributed by atoms with Crippen LogP contribution in [0.4, 0.5) is 0 Å². The highest BCUT2D eigenvalue weighted by Gasteiger charge is 2.34. The fourth-order valence-electron chi connectivity index (χ4n) is 2.95. The van der Waals surface area contributed by atoms with Crippen LogP contribution in [-0.2, 0) is 4.79 Å².